The molecule has 0 aliphatic carbocycles. The first kappa shape index (κ1) is 41.3. The molecular weight excluding hydrogens is 713 g/mol. The summed E-state index contributed by atoms with van der Waals surface area (Å²) >= 11 is 0. The van der Waals surface area contributed by atoms with E-state index >= 15 is 0 Å². The Hall–Kier alpha value is -5.89. The molecule has 2 N–H and O–H groups in total. The van der Waals surface area contributed by atoms with Gasteiger partial charge in [0.15, 0.2) is 0 Å². The van der Waals surface area contributed by atoms with Crippen molar-refractivity contribution < 1.29 is 33.2 Å². The molecular formula is C42H53N8O6+. The van der Waals surface area contributed by atoms with Crippen LogP contribution in [0.2, 0.25) is 0 Å². The van der Waals surface area contributed by atoms with E-state index in [0.717, 1.165) is 24.0 Å². The lowest BCUT2D eigenvalue weighted by atomic mass is 10.0. The van der Waals surface area contributed by atoms with Gasteiger partial charge in [-0.2, -0.15) is 4.79 Å². The lowest BCUT2D eigenvalue weighted by Crippen LogP contribution is -2.52. The van der Waals surface area contributed by atoms with Crippen molar-refractivity contribution in [3.8, 4) is 23.7 Å². The van der Waals surface area contributed by atoms with E-state index in [4.69, 9.17) is 9.47 Å². The molecule has 5 rings (SSSR count). The van der Waals surface area contributed by atoms with E-state index < -0.39 is 18.2 Å². The van der Waals surface area contributed by atoms with Gasteiger partial charge in [0.1, 0.15) is 36.1 Å². The van der Waals surface area contributed by atoms with Crippen molar-refractivity contribution in [2.24, 2.45) is 23.7 Å². The van der Waals surface area contributed by atoms with Gasteiger partial charge in [-0.05, 0) is 66.7 Å². The lowest BCUT2D eigenvalue weighted by Gasteiger charge is -2.34. The lowest BCUT2D eigenvalue weighted by molar-refractivity contribution is -0.414. The summed E-state index contributed by atoms with van der Waals surface area (Å²) in [7, 11) is 5.75. The van der Waals surface area contributed by atoms with Gasteiger partial charge in [0.2, 0.25) is 5.91 Å². The van der Waals surface area contributed by atoms with E-state index in [1.165, 1.54) is 23.7 Å². The van der Waals surface area contributed by atoms with E-state index in [2.05, 4.69) is 57.5 Å². The molecule has 2 saturated heterocycles. The van der Waals surface area contributed by atoms with Gasteiger partial charge in [-0.1, -0.05) is 53.4 Å². The zero-order valence-corrected chi connectivity index (χ0v) is 34.0. The fourth-order valence-corrected chi connectivity index (χ4v) is 7.62. The van der Waals surface area contributed by atoms with E-state index in [9.17, 15) is 19.2 Å². The van der Waals surface area contributed by atoms with E-state index in [0.29, 0.717) is 41.8 Å². The Labute approximate surface area is 329 Å². The number of carbonyl (C=O) groups excluding carboxylic acids is 4. The number of nitrogens with one attached hydrogen (secondary N) is 2. The molecule has 2 aliphatic heterocycles. The number of likely N-dealkylation sites (tertiary alicyclic amines) is 2. The minimum Gasteiger partial charge on any atom is -0.453 e. The summed E-state index contributed by atoms with van der Waals surface area (Å²) in [5.74, 6) is 13.8. The van der Waals surface area contributed by atoms with E-state index in [-0.39, 0.29) is 47.6 Å². The first-order valence-corrected chi connectivity index (χ1v) is 19.0. The van der Waals surface area contributed by atoms with E-state index in [1.54, 1.807) is 31.4 Å². The van der Waals surface area contributed by atoms with Crippen LogP contribution in [0.5, 0.6) is 0 Å². The predicted molar refractivity (Wildman–Crippen MR) is 209 cm³/mol. The zero-order valence-electron chi connectivity index (χ0n) is 34.0. The standard InChI is InChI=1S/C42H52N8O6/c1-25(2)35(47(7)41(53)55-9)39(51)49-23-27(5)19-33(49)37-43-21-31(45-37)17-15-29-11-13-30(14-12-29)16-18-32-22-44-38(46-32)34-20-28(6)24-50(34)40(52)36(26(3)4)48(8)42(54)56-10/h11-14,21-22,25-28,33-35,52H,19-20,23-24H2,1-10H3/p+1. The molecule has 56 heavy (non-hydrogen) atoms. The second kappa shape index (κ2) is 17.7. The van der Waals surface area contributed by atoms with Gasteiger partial charge in [0.05, 0.1) is 38.7 Å². The fourth-order valence-electron chi connectivity index (χ4n) is 7.62. The number of H-pyrrole nitrogens is 2. The van der Waals surface area contributed by atoms with Crippen LogP contribution in [0.1, 0.15) is 101 Å². The Bertz CT molecular complexity index is 2090. The van der Waals surface area contributed by atoms with Crippen LogP contribution >= 0.6 is 0 Å². The Balaban J connectivity index is 1.25. The van der Waals surface area contributed by atoms with Crippen molar-refractivity contribution >= 4 is 29.7 Å². The molecule has 5 unspecified atom stereocenters. The third-order valence-corrected chi connectivity index (χ3v) is 10.3. The maximum atomic E-state index is 13.8. The SMILES string of the molecule is COC(=O)N(C)C(C(=O)N1CC(C)CC1c1ncc(C#Cc2ccc(C#Cc3cnc(C4CC(C)CN4C(=O)C(C(C)C)=[N+](C)C(=O)OC)[nH]3)cc2)[nH]1)C(C)C. The van der Waals surface area contributed by atoms with Gasteiger partial charge in [-0.25, -0.2) is 14.8 Å². The second-order valence-corrected chi connectivity index (χ2v) is 15.4. The highest BCUT2D eigenvalue weighted by Crippen LogP contribution is 2.36. The number of likely N-dealkylation sites (N-methyl/N-ethyl adjacent to an activating group) is 1. The van der Waals surface area contributed by atoms with E-state index in [1.807, 2.05) is 56.9 Å². The summed E-state index contributed by atoms with van der Waals surface area (Å²) in [4.78, 5) is 72.9. The third-order valence-electron chi connectivity index (χ3n) is 10.3. The predicted octanol–water partition coefficient (Wildman–Crippen LogP) is 4.98. The van der Waals surface area contributed by atoms with Crippen LogP contribution < -0.4 is 0 Å². The first-order chi connectivity index (χ1) is 26.6. The Morgan fingerprint density at radius 3 is 1.73 bits per heavy atom. The Morgan fingerprint density at radius 2 is 1.29 bits per heavy atom. The molecule has 5 atom stereocenters. The van der Waals surface area contributed by atoms with Crippen molar-refractivity contribution in [2.75, 3.05) is 41.4 Å². The van der Waals surface area contributed by atoms with Crippen LogP contribution in [-0.2, 0) is 19.1 Å². The van der Waals surface area contributed by atoms with Crippen molar-refractivity contribution in [3.63, 3.8) is 0 Å². The number of imidazole rings is 2. The van der Waals surface area contributed by atoms with Gasteiger partial charge in [0.25, 0.3) is 5.71 Å². The van der Waals surface area contributed by atoms with Crippen molar-refractivity contribution in [3.05, 3.63) is 70.8 Å². The van der Waals surface area contributed by atoms with Crippen LogP contribution in [0.3, 0.4) is 0 Å². The van der Waals surface area contributed by atoms with Gasteiger partial charge in [0, 0.05) is 37.2 Å². The van der Waals surface area contributed by atoms with Crippen molar-refractivity contribution in [1.82, 2.24) is 34.6 Å². The highest BCUT2D eigenvalue weighted by molar-refractivity contribution is 6.37. The van der Waals surface area contributed by atoms with Crippen molar-refractivity contribution in [2.45, 2.75) is 72.5 Å². The number of benzene rings is 1. The topological polar surface area (TPSA) is 157 Å². The number of rotatable bonds is 7. The molecule has 14 heteroatoms. The Morgan fingerprint density at radius 1 is 0.804 bits per heavy atom. The van der Waals surface area contributed by atoms with Gasteiger partial charge in [-0.3, -0.25) is 14.5 Å². The molecule has 1 aromatic carbocycles. The quantitative estimate of drug-likeness (QED) is 0.194. The highest BCUT2D eigenvalue weighted by Gasteiger charge is 2.43. The number of aromatic nitrogens is 4. The molecule has 296 valence electrons. The number of methoxy groups -OCH3 is 2. The summed E-state index contributed by atoms with van der Waals surface area (Å²) < 4.78 is 11.1. The van der Waals surface area contributed by atoms with Gasteiger partial charge >= 0.3 is 18.1 Å². The van der Waals surface area contributed by atoms with Gasteiger partial charge in [-0.15, -0.1) is 4.58 Å². The summed E-state index contributed by atoms with van der Waals surface area (Å²) in [6.07, 6.45) is 3.68. The maximum Gasteiger partial charge on any atom is 0.596 e. The largest absolute Gasteiger partial charge is 0.596 e. The monoisotopic (exact) mass is 765 g/mol. The molecule has 4 heterocycles. The zero-order chi connectivity index (χ0) is 40.8. The van der Waals surface area contributed by atoms with Gasteiger partial charge < -0.3 is 29.2 Å². The number of aromatic amines is 2. The highest BCUT2D eigenvalue weighted by atomic mass is 16.5. The summed E-state index contributed by atoms with van der Waals surface area (Å²) in [6, 6.07) is 6.38. The van der Waals surface area contributed by atoms with Crippen LogP contribution in [0, 0.1) is 47.4 Å². The third kappa shape index (κ3) is 9.14. The van der Waals surface area contributed by atoms with Crippen LogP contribution in [0.4, 0.5) is 9.59 Å². The smallest absolute Gasteiger partial charge is 0.453 e. The Kier molecular flexibility index (Phi) is 13.1. The average molecular weight is 766 g/mol. The molecule has 0 radical (unpaired) electrons. The van der Waals surface area contributed by atoms with Crippen LogP contribution in [0.15, 0.2) is 36.7 Å². The molecule has 2 aliphatic rings. The molecule has 2 fully saturated rings. The molecule has 4 amide bonds. The number of carbonyl (C=O) groups is 4. The normalized spacial score (nSPS) is 20.1. The number of nitrogens with zero attached hydrogens (tertiary/aromatic N) is 6. The summed E-state index contributed by atoms with van der Waals surface area (Å²) in [5.41, 5.74) is 3.21. The molecule has 3 aromatic rings. The maximum absolute atomic E-state index is 13.8. The fraction of sp³-hybridized carbons (Fsp3) is 0.500. The second-order valence-electron chi connectivity index (χ2n) is 15.4. The number of amides is 4. The number of ether oxygens (including phenoxy) is 2. The molecule has 0 bridgehead atoms. The van der Waals surface area contributed by atoms with Crippen LogP contribution in [0.25, 0.3) is 0 Å². The molecule has 0 saturated carbocycles. The summed E-state index contributed by atoms with van der Waals surface area (Å²) in [5, 5.41) is 0. The average Bonchev–Trinajstić information content (AvgIpc) is 3.99. The molecule has 14 nitrogen and oxygen atoms in total. The molecule has 0 spiro atoms. The minimum atomic E-state index is -0.663. The minimum absolute atomic E-state index is 0.112. The first-order valence-electron chi connectivity index (χ1n) is 19.0. The number of hydrogen-bond donors (Lipinski definition) is 2. The number of hydrogen-bond acceptors (Lipinski definition) is 8. The molecule has 2 aromatic heterocycles. The van der Waals surface area contributed by atoms with Crippen molar-refractivity contribution in [1.29, 1.82) is 0 Å². The van der Waals surface area contributed by atoms with Crippen LogP contribution in [-0.4, -0.2) is 116 Å². The summed E-state index contributed by atoms with van der Waals surface area (Å²) in [6.45, 7) is 12.9.